The number of ether oxygens (including phenoxy) is 2. The van der Waals surface area contributed by atoms with Gasteiger partial charge in [0.05, 0.1) is 17.8 Å². The van der Waals surface area contributed by atoms with Gasteiger partial charge in [0, 0.05) is 16.8 Å². The minimum atomic E-state index is -0.666. The number of halogens is 1. The summed E-state index contributed by atoms with van der Waals surface area (Å²) in [5.41, 5.74) is 8.66. The van der Waals surface area contributed by atoms with E-state index in [0.29, 0.717) is 27.0 Å². The minimum absolute atomic E-state index is 0.233. The summed E-state index contributed by atoms with van der Waals surface area (Å²) in [6.07, 6.45) is 0. The largest absolute Gasteiger partial charge is 0.495 e. The Bertz CT molecular complexity index is 1080. The third kappa shape index (κ3) is 4.02. The van der Waals surface area contributed by atoms with Crippen LogP contribution in [-0.4, -0.2) is 30.6 Å². The highest BCUT2D eigenvalue weighted by Gasteiger charge is 2.21. The van der Waals surface area contributed by atoms with Gasteiger partial charge >= 0.3 is 5.97 Å². The zero-order chi connectivity index (χ0) is 20.4. The molecule has 1 aromatic carbocycles. The summed E-state index contributed by atoms with van der Waals surface area (Å²) in [6.45, 7) is 3.32. The maximum Gasteiger partial charge on any atom is 0.351 e. The van der Waals surface area contributed by atoms with Gasteiger partial charge in [-0.3, -0.25) is 4.79 Å². The Morgan fingerprint density at radius 2 is 2.04 bits per heavy atom. The average Bonchev–Trinajstić information content (AvgIpc) is 2.96. The summed E-state index contributed by atoms with van der Waals surface area (Å²) in [7, 11) is 1.50. The van der Waals surface area contributed by atoms with Crippen LogP contribution in [0, 0.1) is 13.8 Å². The molecule has 0 aliphatic rings. The molecule has 3 aromatic rings. The van der Waals surface area contributed by atoms with Crippen LogP contribution in [0.25, 0.3) is 10.2 Å². The van der Waals surface area contributed by atoms with Crippen molar-refractivity contribution in [2.24, 2.45) is 0 Å². The van der Waals surface area contributed by atoms with Gasteiger partial charge in [0.15, 0.2) is 6.61 Å². The second-order valence-electron chi connectivity index (χ2n) is 6.08. The predicted octanol–water partition coefficient (Wildman–Crippen LogP) is 3.95. The van der Waals surface area contributed by atoms with Gasteiger partial charge in [0.25, 0.3) is 5.91 Å². The second kappa shape index (κ2) is 8.04. The summed E-state index contributed by atoms with van der Waals surface area (Å²) in [4.78, 5) is 29.8. The van der Waals surface area contributed by atoms with Gasteiger partial charge in [0.2, 0.25) is 0 Å². The first-order chi connectivity index (χ1) is 13.3. The standard InChI is InChI=1S/C19H18ClN3O4S/c1-9-6-10(2)22-18-15(9)16(21)17(28-18)19(25)27-8-14(24)23-11-4-5-13(26-3)12(20)7-11/h4-7H,8,21H2,1-3H3,(H,23,24). The van der Waals surface area contributed by atoms with Crippen LogP contribution in [0.1, 0.15) is 20.9 Å². The van der Waals surface area contributed by atoms with Crippen molar-refractivity contribution in [1.82, 2.24) is 4.98 Å². The number of fused-ring (bicyclic) bond motifs is 1. The van der Waals surface area contributed by atoms with Crippen molar-refractivity contribution in [2.75, 3.05) is 24.8 Å². The zero-order valence-electron chi connectivity index (χ0n) is 15.5. The number of pyridine rings is 1. The quantitative estimate of drug-likeness (QED) is 0.607. The van der Waals surface area contributed by atoms with Crippen LogP contribution in [0.5, 0.6) is 5.75 Å². The molecular weight excluding hydrogens is 402 g/mol. The van der Waals surface area contributed by atoms with E-state index < -0.39 is 18.5 Å². The fourth-order valence-corrected chi connectivity index (χ4v) is 4.13. The molecule has 3 rings (SSSR count). The number of hydrogen-bond acceptors (Lipinski definition) is 7. The molecule has 28 heavy (non-hydrogen) atoms. The van der Waals surface area contributed by atoms with Crippen molar-refractivity contribution in [3.63, 3.8) is 0 Å². The summed E-state index contributed by atoms with van der Waals surface area (Å²) in [6, 6.07) is 6.69. The van der Waals surface area contributed by atoms with Crippen molar-refractivity contribution in [3.8, 4) is 5.75 Å². The lowest BCUT2D eigenvalue weighted by molar-refractivity contribution is -0.119. The molecule has 0 radical (unpaired) electrons. The van der Waals surface area contributed by atoms with E-state index in [-0.39, 0.29) is 4.88 Å². The smallest absolute Gasteiger partial charge is 0.351 e. The molecule has 0 aliphatic carbocycles. The molecular formula is C19H18ClN3O4S. The number of benzene rings is 1. The number of nitrogens with two attached hydrogens (primary N) is 1. The molecule has 1 amide bonds. The highest BCUT2D eigenvalue weighted by atomic mass is 35.5. The van der Waals surface area contributed by atoms with Crippen LogP contribution in [0.4, 0.5) is 11.4 Å². The van der Waals surface area contributed by atoms with Crippen molar-refractivity contribution < 1.29 is 19.1 Å². The molecule has 0 spiro atoms. The molecule has 3 N–H and O–H groups in total. The van der Waals surface area contributed by atoms with Crippen molar-refractivity contribution in [3.05, 3.63) is 45.4 Å². The van der Waals surface area contributed by atoms with E-state index in [9.17, 15) is 9.59 Å². The third-order valence-electron chi connectivity index (χ3n) is 3.98. The van der Waals surface area contributed by atoms with E-state index >= 15 is 0 Å². The third-order valence-corrected chi connectivity index (χ3v) is 5.35. The first-order valence-corrected chi connectivity index (χ1v) is 9.46. The molecule has 0 aliphatic heterocycles. The fourth-order valence-electron chi connectivity index (χ4n) is 2.76. The molecule has 9 heteroatoms. The second-order valence-corrected chi connectivity index (χ2v) is 7.49. The Labute approximate surface area is 170 Å². The van der Waals surface area contributed by atoms with Crippen LogP contribution in [0.3, 0.4) is 0 Å². The molecule has 0 saturated heterocycles. The average molecular weight is 420 g/mol. The highest BCUT2D eigenvalue weighted by molar-refractivity contribution is 7.21. The maximum absolute atomic E-state index is 12.4. The predicted molar refractivity (Wildman–Crippen MR) is 110 cm³/mol. The molecule has 2 aromatic heterocycles. The lowest BCUT2D eigenvalue weighted by atomic mass is 10.1. The summed E-state index contributed by atoms with van der Waals surface area (Å²) >= 11 is 7.17. The van der Waals surface area contributed by atoms with Gasteiger partial charge in [-0.25, -0.2) is 9.78 Å². The van der Waals surface area contributed by atoms with Crippen molar-refractivity contribution in [1.29, 1.82) is 0 Å². The molecule has 0 fully saturated rings. The van der Waals surface area contributed by atoms with Gasteiger partial charge in [-0.15, -0.1) is 11.3 Å². The molecule has 7 nitrogen and oxygen atoms in total. The number of amides is 1. The maximum atomic E-state index is 12.4. The minimum Gasteiger partial charge on any atom is -0.495 e. The van der Waals surface area contributed by atoms with Crippen molar-refractivity contribution in [2.45, 2.75) is 13.8 Å². The SMILES string of the molecule is COc1ccc(NC(=O)COC(=O)c2sc3nc(C)cc(C)c3c2N)cc1Cl. The van der Waals surface area contributed by atoms with E-state index in [2.05, 4.69) is 10.3 Å². The number of aryl methyl sites for hydroxylation is 2. The van der Waals surface area contributed by atoms with E-state index in [4.69, 9.17) is 26.8 Å². The summed E-state index contributed by atoms with van der Waals surface area (Å²) in [5, 5.41) is 3.69. The Morgan fingerprint density at radius 1 is 1.29 bits per heavy atom. The first-order valence-electron chi connectivity index (χ1n) is 8.27. The Balaban J connectivity index is 1.68. The number of esters is 1. The summed E-state index contributed by atoms with van der Waals surface area (Å²) in [5.74, 6) is -0.676. The number of nitrogens with zero attached hydrogens (tertiary/aromatic N) is 1. The summed E-state index contributed by atoms with van der Waals surface area (Å²) < 4.78 is 10.2. The normalized spacial score (nSPS) is 10.7. The Hall–Kier alpha value is -2.84. The van der Waals surface area contributed by atoms with Gasteiger partial charge in [-0.1, -0.05) is 11.6 Å². The van der Waals surface area contributed by atoms with E-state index in [1.807, 2.05) is 19.9 Å². The van der Waals surface area contributed by atoms with Crippen molar-refractivity contribution >= 4 is 56.4 Å². The topological polar surface area (TPSA) is 104 Å². The number of hydrogen-bond donors (Lipinski definition) is 2. The number of methoxy groups -OCH3 is 1. The molecule has 0 unspecified atom stereocenters. The molecule has 2 heterocycles. The number of thiophene rings is 1. The molecule has 0 atom stereocenters. The van der Waals surface area contributed by atoms with E-state index in [1.54, 1.807) is 18.2 Å². The number of carbonyl (C=O) groups excluding carboxylic acids is 2. The molecule has 146 valence electrons. The lowest BCUT2D eigenvalue weighted by Gasteiger charge is -2.08. The van der Waals surface area contributed by atoms with Crippen LogP contribution in [0.2, 0.25) is 5.02 Å². The number of carbonyl (C=O) groups is 2. The van der Waals surface area contributed by atoms with Crippen LogP contribution < -0.4 is 15.8 Å². The van der Waals surface area contributed by atoms with E-state index in [1.165, 1.54) is 7.11 Å². The first kappa shape index (κ1) is 19.9. The molecule has 0 saturated carbocycles. The monoisotopic (exact) mass is 419 g/mol. The fraction of sp³-hybridized carbons (Fsp3) is 0.211. The Kier molecular flexibility index (Phi) is 5.71. The number of anilines is 2. The van der Waals surface area contributed by atoms with Gasteiger partial charge < -0.3 is 20.5 Å². The number of nitrogen functional groups attached to an aromatic ring is 1. The Morgan fingerprint density at radius 3 is 2.71 bits per heavy atom. The van der Waals surface area contributed by atoms with Gasteiger partial charge in [-0.05, 0) is 43.7 Å². The zero-order valence-corrected chi connectivity index (χ0v) is 17.0. The number of nitrogens with one attached hydrogen (secondary N) is 1. The van der Waals surface area contributed by atoms with Gasteiger partial charge in [-0.2, -0.15) is 0 Å². The number of rotatable bonds is 5. The van der Waals surface area contributed by atoms with Gasteiger partial charge in [0.1, 0.15) is 15.5 Å². The molecule has 0 bridgehead atoms. The highest BCUT2D eigenvalue weighted by Crippen LogP contribution is 2.35. The number of aromatic nitrogens is 1. The van der Waals surface area contributed by atoms with Crippen LogP contribution in [-0.2, 0) is 9.53 Å². The van der Waals surface area contributed by atoms with Crippen LogP contribution >= 0.6 is 22.9 Å². The lowest BCUT2D eigenvalue weighted by Crippen LogP contribution is -2.20. The van der Waals surface area contributed by atoms with Crippen LogP contribution in [0.15, 0.2) is 24.3 Å². The van der Waals surface area contributed by atoms with E-state index in [0.717, 1.165) is 28.0 Å².